The highest BCUT2D eigenvalue weighted by Gasteiger charge is 2.09. The Bertz CT molecular complexity index is 851. The number of hydrogen-bond acceptors (Lipinski definition) is 5. The third-order valence-corrected chi connectivity index (χ3v) is 3.80. The first-order valence-corrected chi connectivity index (χ1v) is 7.12. The largest absolute Gasteiger partial charge is 0.489 e. The lowest BCUT2D eigenvalue weighted by molar-refractivity contribution is 0.307. The third-order valence-electron chi connectivity index (χ3n) is 3.38. The molecule has 0 aliphatic carbocycles. The quantitative estimate of drug-likeness (QED) is 0.774. The first kappa shape index (κ1) is 14.4. The van der Waals surface area contributed by atoms with E-state index in [1.165, 1.54) is 0 Å². The van der Waals surface area contributed by atoms with Crippen LogP contribution in [-0.4, -0.2) is 9.97 Å². The fraction of sp³-hybridized carbons (Fsp3) is 0.125. The van der Waals surface area contributed by atoms with E-state index in [0.717, 1.165) is 22.3 Å². The Morgan fingerprint density at radius 3 is 2.73 bits per heavy atom. The second-order valence-corrected chi connectivity index (χ2v) is 5.39. The average Bonchev–Trinajstić information content (AvgIpc) is 2.48. The Labute approximate surface area is 132 Å². The summed E-state index contributed by atoms with van der Waals surface area (Å²) in [4.78, 5) is 8.21. The number of halogens is 1. The van der Waals surface area contributed by atoms with Gasteiger partial charge >= 0.3 is 0 Å². The molecule has 22 heavy (non-hydrogen) atoms. The number of aryl methyl sites for hydroxylation is 1. The molecule has 0 amide bonds. The van der Waals surface area contributed by atoms with Gasteiger partial charge in [0.15, 0.2) is 0 Å². The molecule has 6 heteroatoms. The molecule has 4 N–H and O–H groups in total. The predicted octanol–water partition coefficient (Wildman–Crippen LogP) is 3.34. The molecule has 0 saturated heterocycles. The standard InChI is InChI=1S/C16H15ClN4O/c1-9-7-11(5-6-12(9)17)22-8-10-3-2-4-13-14(10)15(18)21-16(19)20-13/h2-7H,8H2,1H3,(H4,18,19,20,21). The number of nitrogens with zero attached hydrogens (tertiary/aromatic N) is 2. The van der Waals surface area contributed by atoms with Crippen LogP contribution in [0.1, 0.15) is 11.1 Å². The number of nitrogens with two attached hydrogens (primary N) is 2. The molecular formula is C16H15ClN4O. The lowest BCUT2D eigenvalue weighted by Gasteiger charge is -2.11. The molecule has 0 saturated carbocycles. The minimum absolute atomic E-state index is 0.163. The predicted molar refractivity (Wildman–Crippen MR) is 88.9 cm³/mol. The maximum Gasteiger partial charge on any atom is 0.222 e. The number of fused-ring (bicyclic) bond motifs is 1. The number of anilines is 2. The topological polar surface area (TPSA) is 87.0 Å². The lowest BCUT2D eigenvalue weighted by atomic mass is 10.1. The van der Waals surface area contributed by atoms with Gasteiger partial charge in [0.1, 0.15) is 18.2 Å². The van der Waals surface area contributed by atoms with E-state index < -0.39 is 0 Å². The Hall–Kier alpha value is -2.53. The summed E-state index contributed by atoms with van der Waals surface area (Å²) in [6.07, 6.45) is 0. The first-order chi connectivity index (χ1) is 10.5. The van der Waals surface area contributed by atoms with E-state index in [4.69, 9.17) is 27.8 Å². The molecule has 1 aromatic heterocycles. The zero-order chi connectivity index (χ0) is 15.7. The van der Waals surface area contributed by atoms with Crippen molar-refractivity contribution in [3.63, 3.8) is 0 Å². The van der Waals surface area contributed by atoms with Crippen molar-refractivity contribution in [2.75, 3.05) is 11.5 Å². The van der Waals surface area contributed by atoms with Gasteiger partial charge in [-0.3, -0.25) is 0 Å². The summed E-state index contributed by atoms with van der Waals surface area (Å²) in [6, 6.07) is 11.2. The maximum atomic E-state index is 6.01. The molecule has 5 nitrogen and oxygen atoms in total. The van der Waals surface area contributed by atoms with Gasteiger partial charge in [-0.05, 0) is 36.8 Å². The fourth-order valence-corrected chi connectivity index (χ4v) is 2.41. The van der Waals surface area contributed by atoms with Crippen molar-refractivity contribution >= 4 is 34.3 Å². The Morgan fingerprint density at radius 2 is 1.95 bits per heavy atom. The highest BCUT2D eigenvalue weighted by Crippen LogP contribution is 2.26. The monoisotopic (exact) mass is 314 g/mol. The summed E-state index contributed by atoms with van der Waals surface area (Å²) in [7, 11) is 0. The highest BCUT2D eigenvalue weighted by molar-refractivity contribution is 6.31. The van der Waals surface area contributed by atoms with E-state index in [0.29, 0.717) is 23.0 Å². The van der Waals surface area contributed by atoms with Crippen LogP contribution in [0.3, 0.4) is 0 Å². The van der Waals surface area contributed by atoms with Gasteiger partial charge in [-0.15, -0.1) is 0 Å². The van der Waals surface area contributed by atoms with Crippen LogP contribution >= 0.6 is 11.6 Å². The van der Waals surface area contributed by atoms with Gasteiger partial charge in [-0.25, -0.2) is 4.98 Å². The van der Waals surface area contributed by atoms with Crippen LogP contribution in [0.25, 0.3) is 10.9 Å². The Kier molecular flexibility index (Phi) is 3.73. The van der Waals surface area contributed by atoms with E-state index in [1.807, 2.05) is 43.3 Å². The average molecular weight is 315 g/mol. The molecule has 1 heterocycles. The molecule has 3 rings (SSSR count). The SMILES string of the molecule is Cc1cc(OCc2cccc3nc(N)nc(N)c23)ccc1Cl. The number of hydrogen-bond donors (Lipinski definition) is 2. The number of nitrogen functional groups attached to an aromatic ring is 2. The minimum Gasteiger partial charge on any atom is -0.489 e. The summed E-state index contributed by atoms with van der Waals surface area (Å²) < 4.78 is 5.82. The number of benzene rings is 2. The number of rotatable bonds is 3. The van der Waals surface area contributed by atoms with E-state index >= 15 is 0 Å². The van der Waals surface area contributed by atoms with Crippen LogP contribution in [0.5, 0.6) is 5.75 Å². The summed E-state index contributed by atoms with van der Waals surface area (Å²) in [6.45, 7) is 2.29. The van der Waals surface area contributed by atoms with Crippen LogP contribution in [0.2, 0.25) is 5.02 Å². The van der Waals surface area contributed by atoms with E-state index in [2.05, 4.69) is 9.97 Å². The van der Waals surface area contributed by atoms with Crippen LogP contribution < -0.4 is 16.2 Å². The third kappa shape index (κ3) is 2.76. The van der Waals surface area contributed by atoms with Gasteiger partial charge in [0.05, 0.1) is 5.52 Å². The fourth-order valence-electron chi connectivity index (χ4n) is 2.29. The summed E-state index contributed by atoms with van der Waals surface area (Å²) in [5.74, 6) is 1.26. The Balaban J connectivity index is 1.92. The second-order valence-electron chi connectivity index (χ2n) is 4.98. The van der Waals surface area contributed by atoms with Crippen LogP contribution in [-0.2, 0) is 6.61 Å². The van der Waals surface area contributed by atoms with Gasteiger partial charge in [0, 0.05) is 16.0 Å². The van der Waals surface area contributed by atoms with Gasteiger partial charge in [0.2, 0.25) is 5.95 Å². The van der Waals surface area contributed by atoms with Crippen LogP contribution in [0.4, 0.5) is 11.8 Å². The van der Waals surface area contributed by atoms with E-state index in [9.17, 15) is 0 Å². The molecule has 0 aliphatic rings. The van der Waals surface area contributed by atoms with Gasteiger partial charge in [0.25, 0.3) is 0 Å². The summed E-state index contributed by atoms with van der Waals surface area (Å²) >= 11 is 6.01. The molecule has 0 atom stereocenters. The Morgan fingerprint density at radius 1 is 1.14 bits per heavy atom. The normalized spacial score (nSPS) is 10.8. The van der Waals surface area contributed by atoms with Crippen molar-refractivity contribution in [1.82, 2.24) is 9.97 Å². The first-order valence-electron chi connectivity index (χ1n) is 6.74. The molecule has 0 bridgehead atoms. The van der Waals surface area contributed by atoms with E-state index in [-0.39, 0.29) is 5.95 Å². The molecule has 0 unspecified atom stereocenters. The number of aromatic nitrogens is 2. The molecule has 112 valence electrons. The molecule has 0 radical (unpaired) electrons. The van der Waals surface area contributed by atoms with Crippen molar-refractivity contribution in [2.24, 2.45) is 0 Å². The van der Waals surface area contributed by atoms with Gasteiger partial charge in [-0.1, -0.05) is 23.7 Å². The van der Waals surface area contributed by atoms with E-state index in [1.54, 1.807) is 0 Å². The maximum absolute atomic E-state index is 6.01. The molecule has 3 aromatic rings. The molecule has 0 spiro atoms. The molecule has 0 fully saturated rings. The highest BCUT2D eigenvalue weighted by atomic mass is 35.5. The van der Waals surface area contributed by atoms with Crippen molar-refractivity contribution in [3.05, 3.63) is 52.5 Å². The summed E-state index contributed by atoms with van der Waals surface area (Å²) in [5.41, 5.74) is 14.2. The van der Waals surface area contributed by atoms with Gasteiger partial charge < -0.3 is 16.2 Å². The molecule has 2 aromatic carbocycles. The lowest BCUT2D eigenvalue weighted by Crippen LogP contribution is -2.04. The minimum atomic E-state index is 0.163. The van der Waals surface area contributed by atoms with Crippen molar-refractivity contribution in [3.8, 4) is 5.75 Å². The zero-order valence-corrected chi connectivity index (χ0v) is 12.8. The number of ether oxygens (including phenoxy) is 1. The molecule has 0 aliphatic heterocycles. The smallest absolute Gasteiger partial charge is 0.222 e. The van der Waals surface area contributed by atoms with Crippen LogP contribution in [0.15, 0.2) is 36.4 Å². The summed E-state index contributed by atoms with van der Waals surface area (Å²) in [5, 5.41) is 1.48. The zero-order valence-electron chi connectivity index (χ0n) is 12.0. The second kappa shape index (κ2) is 5.69. The van der Waals surface area contributed by atoms with Crippen molar-refractivity contribution < 1.29 is 4.74 Å². The van der Waals surface area contributed by atoms with Crippen molar-refractivity contribution in [1.29, 1.82) is 0 Å². The molecular weight excluding hydrogens is 300 g/mol. The van der Waals surface area contributed by atoms with Crippen molar-refractivity contribution in [2.45, 2.75) is 13.5 Å². The van der Waals surface area contributed by atoms with Gasteiger partial charge in [-0.2, -0.15) is 4.98 Å². The van der Waals surface area contributed by atoms with Crippen LogP contribution in [0, 0.1) is 6.92 Å².